The van der Waals surface area contributed by atoms with Crippen molar-refractivity contribution in [3.63, 3.8) is 0 Å². The number of hydrogen-bond donors (Lipinski definition) is 1. The smallest absolute Gasteiger partial charge is 0.120 e. The summed E-state index contributed by atoms with van der Waals surface area (Å²) in [6.07, 6.45) is 2.78. The van der Waals surface area contributed by atoms with Gasteiger partial charge in [-0.2, -0.15) is 0 Å². The zero-order chi connectivity index (χ0) is 14.7. The third-order valence-electron chi connectivity index (χ3n) is 3.76. The molecule has 1 aliphatic rings. The van der Waals surface area contributed by atoms with E-state index in [0.29, 0.717) is 6.10 Å². The number of ether oxygens (including phenoxy) is 2. The van der Waals surface area contributed by atoms with Crippen molar-refractivity contribution in [2.24, 2.45) is 0 Å². The predicted molar refractivity (Wildman–Crippen MR) is 84.0 cm³/mol. The van der Waals surface area contributed by atoms with Crippen molar-refractivity contribution in [3.05, 3.63) is 59.7 Å². The second-order valence-corrected chi connectivity index (χ2v) is 5.38. The lowest BCUT2D eigenvalue weighted by Crippen LogP contribution is -2.17. The van der Waals surface area contributed by atoms with Gasteiger partial charge in [0.1, 0.15) is 11.5 Å². The number of nitrogens with one attached hydrogen (secondary N) is 1. The van der Waals surface area contributed by atoms with Gasteiger partial charge in [0.2, 0.25) is 0 Å². The van der Waals surface area contributed by atoms with Crippen LogP contribution in [-0.2, 0) is 0 Å². The fourth-order valence-electron chi connectivity index (χ4n) is 2.47. The number of hydrogen-bond acceptors (Lipinski definition) is 3. The lowest BCUT2D eigenvalue weighted by molar-refractivity contribution is 0.302. The molecule has 1 aliphatic carbocycles. The molecule has 110 valence electrons. The van der Waals surface area contributed by atoms with Crippen molar-refractivity contribution in [2.75, 3.05) is 14.2 Å². The Bertz CT molecular complexity index is 590. The van der Waals surface area contributed by atoms with E-state index in [2.05, 4.69) is 35.6 Å². The summed E-state index contributed by atoms with van der Waals surface area (Å²) in [5, 5.41) is 3.37. The highest BCUT2D eigenvalue weighted by Crippen LogP contribution is 2.30. The van der Waals surface area contributed by atoms with Crippen LogP contribution in [0.4, 0.5) is 0 Å². The molecule has 0 radical (unpaired) electrons. The fraction of sp³-hybridized carbons (Fsp3) is 0.333. The van der Waals surface area contributed by atoms with Gasteiger partial charge in [-0.25, -0.2) is 0 Å². The molecule has 0 spiro atoms. The summed E-state index contributed by atoms with van der Waals surface area (Å²) < 4.78 is 11.1. The summed E-state index contributed by atoms with van der Waals surface area (Å²) in [5.74, 6) is 1.84. The van der Waals surface area contributed by atoms with Crippen LogP contribution in [0.2, 0.25) is 0 Å². The van der Waals surface area contributed by atoms with E-state index in [9.17, 15) is 0 Å². The van der Waals surface area contributed by atoms with Crippen LogP contribution >= 0.6 is 0 Å². The molecule has 1 atom stereocenters. The molecular weight excluding hydrogens is 262 g/mol. The molecule has 2 aromatic carbocycles. The SMILES string of the molecule is CNC(c1ccc(OC)cc1)c1cccc(OC2CC2)c1. The van der Waals surface area contributed by atoms with Gasteiger partial charge in [0.15, 0.2) is 0 Å². The quantitative estimate of drug-likeness (QED) is 0.879. The van der Waals surface area contributed by atoms with Crippen LogP contribution in [-0.4, -0.2) is 20.3 Å². The maximum atomic E-state index is 5.89. The second-order valence-electron chi connectivity index (χ2n) is 5.38. The maximum Gasteiger partial charge on any atom is 0.120 e. The minimum absolute atomic E-state index is 0.152. The van der Waals surface area contributed by atoms with E-state index >= 15 is 0 Å². The molecule has 1 N–H and O–H groups in total. The molecule has 3 rings (SSSR count). The first kappa shape index (κ1) is 14.0. The van der Waals surface area contributed by atoms with Gasteiger partial charge in [-0.05, 0) is 55.3 Å². The molecule has 3 nitrogen and oxygen atoms in total. The highest BCUT2D eigenvalue weighted by Gasteiger charge is 2.23. The molecular formula is C18H21NO2. The van der Waals surface area contributed by atoms with E-state index in [1.165, 1.54) is 24.0 Å². The van der Waals surface area contributed by atoms with Crippen molar-refractivity contribution < 1.29 is 9.47 Å². The van der Waals surface area contributed by atoms with Gasteiger partial charge < -0.3 is 14.8 Å². The van der Waals surface area contributed by atoms with E-state index in [-0.39, 0.29) is 6.04 Å². The Kier molecular flexibility index (Phi) is 4.11. The summed E-state index contributed by atoms with van der Waals surface area (Å²) in [4.78, 5) is 0. The Morgan fingerprint density at radius 1 is 1.00 bits per heavy atom. The first-order valence-electron chi connectivity index (χ1n) is 7.38. The molecule has 0 amide bonds. The second kappa shape index (κ2) is 6.19. The lowest BCUT2D eigenvalue weighted by Gasteiger charge is -2.18. The standard InChI is InChI=1S/C18H21NO2/c1-19-18(13-6-8-15(20-2)9-7-13)14-4-3-5-17(12-14)21-16-10-11-16/h3-9,12,16,18-19H,10-11H2,1-2H3. The van der Waals surface area contributed by atoms with Crippen LogP contribution in [0.1, 0.15) is 30.0 Å². The number of methoxy groups -OCH3 is 1. The van der Waals surface area contributed by atoms with Gasteiger partial charge in [-0.3, -0.25) is 0 Å². The van der Waals surface area contributed by atoms with Crippen molar-refractivity contribution in [3.8, 4) is 11.5 Å². The molecule has 0 aliphatic heterocycles. The molecule has 1 saturated carbocycles. The van der Waals surface area contributed by atoms with Gasteiger partial charge in [0.05, 0.1) is 19.3 Å². The predicted octanol–water partition coefficient (Wildman–Crippen LogP) is 3.55. The van der Waals surface area contributed by atoms with Gasteiger partial charge in [0.25, 0.3) is 0 Å². The summed E-state index contributed by atoms with van der Waals surface area (Å²) in [6, 6.07) is 16.7. The van der Waals surface area contributed by atoms with Crippen LogP contribution in [0.3, 0.4) is 0 Å². The van der Waals surface area contributed by atoms with E-state index < -0.39 is 0 Å². The van der Waals surface area contributed by atoms with Crippen LogP contribution < -0.4 is 14.8 Å². The van der Waals surface area contributed by atoms with Crippen molar-refractivity contribution >= 4 is 0 Å². The van der Waals surface area contributed by atoms with Gasteiger partial charge in [-0.15, -0.1) is 0 Å². The Morgan fingerprint density at radius 3 is 2.38 bits per heavy atom. The number of rotatable bonds is 6. The first-order valence-corrected chi connectivity index (χ1v) is 7.38. The van der Waals surface area contributed by atoms with E-state index in [1.54, 1.807) is 7.11 Å². The Labute approximate surface area is 125 Å². The molecule has 0 bridgehead atoms. The summed E-state index contributed by atoms with van der Waals surface area (Å²) in [5.41, 5.74) is 2.42. The van der Waals surface area contributed by atoms with Crippen LogP contribution in [0.15, 0.2) is 48.5 Å². The van der Waals surface area contributed by atoms with Gasteiger partial charge >= 0.3 is 0 Å². The Morgan fingerprint density at radius 2 is 1.76 bits per heavy atom. The monoisotopic (exact) mass is 283 g/mol. The topological polar surface area (TPSA) is 30.5 Å². The number of benzene rings is 2. The Hall–Kier alpha value is -2.00. The minimum atomic E-state index is 0.152. The summed E-state index contributed by atoms with van der Waals surface area (Å²) in [6.45, 7) is 0. The molecule has 0 aromatic heterocycles. The van der Waals surface area contributed by atoms with E-state index in [0.717, 1.165) is 11.5 Å². The maximum absolute atomic E-state index is 5.89. The largest absolute Gasteiger partial charge is 0.497 e. The van der Waals surface area contributed by atoms with Crippen LogP contribution in [0.5, 0.6) is 11.5 Å². The first-order chi connectivity index (χ1) is 10.3. The molecule has 3 heteroatoms. The van der Waals surface area contributed by atoms with Crippen LogP contribution in [0, 0.1) is 0 Å². The fourth-order valence-corrected chi connectivity index (χ4v) is 2.47. The molecule has 1 fully saturated rings. The van der Waals surface area contributed by atoms with Gasteiger partial charge in [0, 0.05) is 0 Å². The van der Waals surface area contributed by atoms with Crippen molar-refractivity contribution in [2.45, 2.75) is 25.0 Å². The average molecular weight is 283 g/mol. The minimum Gasteiger partial charge on any atom is -0.497 e. The third kappa shape index (κ3) is 3.37. The molecule has 21 heavy (non-hydrogen) atoms. The highest BCUT2D eigenvalue weighted by molar-refractivity contribution is 5.38. The summed E-state index contributed by atoms with van der Waals surface area (Å²) in [7, 11) is 3.66. The van der Waals surface area contributed by atoms with Crippen molar-refractivity contribution in [1.29, 1.82) is 0 Å². The Balaban J connectivity index is 1.83. The van der Waals surface area contributed by atoms with Crippen molar-refractivity contribution in [1.82, 2.24) is 5.32 Å². The average Bonchev–Trinajstić information content (AvgIpc) is 3.33. The van der Waals surface area contributed by atoms with Crippen LogP contribution in [0.25, 0.3) is 0 Å². The lowest BCUT2D eigenvalue weighted by atomic mass is 9.98. The summed E-state index contributed by atoms with van der Waals surface area (Å²) >= 11 is 0. The zero-order valence-electron chi connectivity index (χ0n) is 12.5. The zero-order valence-corrected chi connectivity index (χ0v) is 12.5. The molecule has 0 saturated heterocycles. The molecule has 1 unspecified atom stereocenters. The van der Waals surface area contributed by atoms with E-state index in [4.69, 9.17) is 9.47 Å². The highest BCUT2D eigenvalue weighted by atomic mass is 16.5. The third-order valence-corrected chi connectivity index (χ3v) is 3.76. The normalized spacial score (nSPS) is 15.5. The van der Waals surface area contributed by atoms with E-state index in [1.807, 2.05) is 25.2 Å². The van der Waals surface area contributed by atoms with Gasteiger partial charge in [-0.1, -0.05) is 24.3 Å². The molecule has 0 heterocycles. The molecule has 2 aromatic rings.